The molecule has 1 aromatic heterocycles. The lowest BCUT2D eigenvalue weighted by molar-refractivity contribution is 0.276. The zero-order valence-corrected chi connectivity index (χ0v) is 17.5. The number of aliphatic hydroxyl groups excluding tert-OH is 1. The maximum Gasteiger partial charge on any atom is 0.225 e. The highest BCUT2D eigenvalue weighted by Crippen LogP contribution is 2.37. The standard InChI is InChI=1S/C21H32N4O3/c1-6-7-15(8-9-26)24-21-23-12-19(20(22)25-21)28-18-11-17(27-5)14(4)10-16(18)13(2)3/h10-13,15,26H,6-9H2,1-5H3,(H3,22,23,24,25). The second-order valence-electron chi connectivity index (χ2n) is 7.20. The first-order valence-corrected chi connectivity index (χ1v) is 9.75. The molecule has 0 bridgehead atoms. The van der Waals surface area contributed by atoms with Gasteiger partial charge in [-0.2, -0.15) is 4.98 Å². The van der Waals surface area contributed by atoms with Gasteiger partial charge in [0.1, 0.15) is 11.5 Å². The molecule has 0 aliphatic rings. The van der Waals surface area contributed by atoms with E-state index in [2.05, 4.69) is 42.1 Å². The first-order valence-electron chi connectivity index (χ1n) is 9.75. The molecule has 1 unspecified atom stereocenters. The fourth-order valence-corrected chi connectivity index (χ4v) is 3.08. The fraction of sp³-hybridized carbons (Fsp3) is 0.524. The quantitative estimate of drug-likeness (QED) is 0.559. The number of ether oxygens (including phenoxy) is 2. The minimum atomic E-state index is 0.107. The smallest absolute Gasteiger partial charge is 0.225 e. The molecule has 0 spiro atoms. The van der Waals surface area contributed by atoms with Gasteiger partial charge in [-0.1, -0.05) is 27.2 Å². The number of nitrogen functional groups attached to an aromatic ring is 1. The fourth-order valence-electron chi connectivity index (χ4n) is 3.08. The Kier molecular flexibility index (Phi) is 7.87. The number of nitrogens with one attached hydrogen (secondary N) is 1. The Morgan fingerprint density at radius 1 is 1.18 bits per heavy atom. The minimum Gasteiger partial charge on any atom is -0.496 e. The number of nitrogens with zero attached hydrogens (tertiary/aromatic N) is 2. The van der Waals surface area contributed by atoms with E-state index in [0.29, 0.717) is 23.9 Å². The molecule has 0 radical (unpaired) electrons. The number of aliphatic hydroxyl groups is 1. The van der Waals surface area contributed by atoms with Gasteiger partial charge in [-0.05, 0) is 42.9 Å². The summed E-state index contributed by atoms with van der Waals surface area (Å²) in [6, 6.07) is 4.04. The van der Waals surface area contributed by atoms with Crippen LogP contribution >= 0.6 is 0 Å². The first-order chi connectivity index (χ1) is 13.4. The Bertz CT molecular complexity index is 774. The summed E-state index contributed by atoms with van der Waals surface area (Å²) in [5.41, 5.74) is 8.23. The van der Waals surface area contributed by atoms with E-state index in [1.165, 1.54) is 0 Å². The second kappa shape index (κ2) is 10.1. The van der Waals surface area contributed by atoms with Gasteiger partial charge in [0.15, 0.2) is 11.6 Å². The van der Waals surface area contributed by atoms with Crippen LogP contribution in [0.25, 0.3) is 0 Å². The number of anilines is 2. The van der Waals surface area contributed by atoms with Crippen molar-refractivity contribution in [3.05, 3.63) is 29.5 Å². The number of benzene rings is 1. The van der Waals surface area contributed by atoms with Gasteiger partial charge in [0.05, 0.1) is 13.3 Å². The molecule has 28 heavy (non-hydrogen) atoms. The number of nitrogens with two attached hydrogens (primary N) is 1. The van der Waals surface area contributed by atoms with Crippen LogP contribution < -0.4 is 20.5 Å². The van der Waals surface area contributed by atoms with Crippen molar-refractivity contribution in [3.8, 4) is 17.2 Å². The summed E-state index contributed by atoms with van der Waals surface area (Å²) in [4.78, 5) is 8.66. The molecule has 2 rings (SSSR count). The number of aromatic nitrogens is 2. The third-order valence-corrected chi connectivity index (χ3v) is 4.60. The highest BCUT2D eigenvalue weighted by molar-refractivity contribution is 5.53. The first kappa shape index (κ1) is 21.8. The monoisotopic (exact) mass is 388 g/mol. The molecule has 0 aliphatic heterocycles. The molecule has 0 aliphatic carbocycles. The average Bonchev–Trinajstić information content (AvgIpc) is 2.65. The molecular formula is C21H32N4O3. The van der Waals surface area contributed by atoms with Crippen LogP contribution in [0.4, 0.5) is 11.8 Å². The summed E-state index contributed by atoms with van der Waals surface area (Å²) in [5.74, 6) is 2.79. The summed E-state index contributed by atoms with van der Waals surface area (Å²) in [6.45, 7) is 8.43. The Hall–Kier alpha value is -2.54. The third-order valence-electron chi connectivity index (χ3n) is 4.60. The van der Waals surface area contributed by atoms with Crippen molar-refractivity contribution in [3.63, 3.8) is 0 Å². The molecule has 1 atom stereocenters. The van der Waals surface area contributed by atoms with Gasteiger partial charge in [-0.15, -0.1) is 0 Å². The normalized spacial score (nSPS) is 12.1. The van der Waals surface area contributed by atoms with E-state index in [4.69, 9.17) is 15.2 Å². The number of hydrogen-bond acceptors (Lipinski definition) is 7. The van der Waals surface area contributed by atoms with Crippen molar-refractivity contribution in [1.29, 1.82) is 0 Å². The van der Waals surface area contributed by atoms with Crippen LogP contribution in [-0.2, 0) is 0 Å². The van der Waals surface area contributed by atoms with Crippen LogP contribution in [0.3, 0.4) is 0 Å². The van der Waals surface area contributed by atoms with Crippen molar-refractivity contribution in [2.24, 2.45) is 0 Å². The zero-order valence-electron chi connectivity index (χ0n) is 17.5. The molecule has 1 heterocycles. The lowest BCUT2D eigenvalue weighted by Crippen LogP contribution is -2.22. The largest absolute Gasteiger partial charge is 0.496 e. The van der Waals surface area contributed by atoms with Crippen LogP contribution in [0.15, 0.2) is 18.3 Å². The van der Waals surface area contributed by atoms with E-state index in [-0.39, 0.29) is 24.4 Å². The molecule has 0 amide bonds. The molecule has 0 saturated carbocycles. The van der Waals surface area contributed by atoms with Gasteiger partial charge >= 0.3 is 0 Å². The predicted molar refractivity (Wildman–Crippen MR) is 112 cm³/mol. The van der Waals surface area contributed by atoms with Gasteiger partial charge in [0.25, 0.3) is 0 Å². The Morgan fingerprint density at radius 3 is 2.50 bits per heavy atom. The van der Waals surface area contributed by atoms with E-state index in [1.54, 1.807) is 13.3 Å². The number of aryl methyl sites for hydroxylation is 1. The number of hydrogen-bond donors (Lipinski definition) is 3. The maximum absolute atomic E-state index is 9.20. The van der Waals surface area contributed by atoms with E-state index in [1.807, 2.05) is 13.0 Å². The van der Waals surface area contributed by atoms with E-state index >= 15 is 0 Å². The van der Waals surface area contributed by atoms with Crippen molar-refractivity contribution in [2.75, 3.05) is 24.8 Å². The molecule has 2 aromatic rings. The van der Waals surface area contributed by atoms with Crippen LogP contribution in [0.1, 0.15) is 57.1 Å². The SMILES string of the molecule is CCCC(CCO)Nc1ncc(Oc2cc(OC)c(C)cc2C(C)C)c(N)n1. The summed E-state index contributed by atoms with van der Waals surface area (Å²) < 4.78 is 11.5. The van der Waals surface area contributed by atoms with Crippen LogP contribution in [0, 0.1) is 6.92 Å². The predicted octanol–water partition coefficient (Wildman–Crippen LogP) is 4.25. The van der Waals surface area contributed by atoms with Crippen LogP contribution in [0.2, 0.25) is 0 Å². The van der Waals surface area contributed by atoms with E-state index < -0.39 is 0 Å². The minimum absolute atomic E-state index is 0.107. The van der Waals surface area contributed by atoms with Crippen molar-refractivity contribution >= 4 is 11.8 Å². The summed E-state index contributed by atoms with van der Waals surface area (Å²) in [6.07, 6.45) is 4.13. The maximum atomic E-state index is 9.20. The molecule has 7 nitrogen and oxygen atoms in total. The van der Waals surface area contributed by atoms with Crippen molar-refractivity contribution in [2.45, 2.75) is 58.9 Å². The van der Waals surface area contributed by atoms with Gasteiger partial charge in [0.2, 0.25) is 5.95 Å². The van der Waals surface area contributed by atoms with Gasteiger partial charge in [-0.25, -0.2) is 4.98 Å². The Balaban J connectivity index is 2.25. The Morgan fingerprint density at radius 2 is 1.93 bits per heavy atom. The van der Waals surface area contributed by atoms with Crippen LogP contribution in [0.5, 0.6) is 17.2 Å². The van der Waals surface area contributed by atoms with Gasteiger partial charge < -0.3 is 25.6 Å². The van der Waals surface area contributed by atoms with Crippen molar-refractivity contribution in [1.82, 2.24) is 9.97 Å². The molecule has 4 N–H and O–H groups in total. The lowest BCUT2D eigenvalue weighted by Gasteiger charge is -2.19. The molecule has 154 valence electrons. The van der Waals surface area contributed by atoms with Crippen molar-refractivity contribution < 1.29 is 14.6 Å². The Labute approximate surface area is 167 Å². The zero-order chi connectivity index (χ0) is 20.7. The van der Waals surface area contributed by atoms with Crippen LogP contribution in [-0.4, -0.2) is 34.8 Å². The molecule has 0 fully saturated rings. The summed E-state index contributed by atoms with van der Waals surface area (Å²) in [7, 11) is 1.64. The molecular weight excluding hydrogens is 356 g/mol. The molecule has 1 aromatic carbocycles. The highest BCUT2D eigenvalue weighted by Gasteiger charge is 2.16. The topological polar surface area (TPSA) is 103 Å². The van der Waals surface area contributed by atoms with Gasteiger partial charge in [0, 0.05) is 18.7 Å². The summed E-state index contributed by atoms with van der Waals surface area (Å²) in [5, 5.41) is 12.4. The number of methoxy groups -OCH3 is 1. The molecule has 0 saturated heterocycles. The van der Waals surface area contributed by atoms with Gasteiger partial charge in [-0.3, -0.25) is 0 Å². The second-order valence-corrected chi connectivity index (χ2v) is 7.20. The van der Waals surface area contributed by atoms with E-state index in [0.717, 1.165) is 29.7 Å². The third kappa shape index (κ3) is 5.48. The van der Waals surface area contributed by atoms with E-state index in [9.17, 15) is 5.11 Å². The lowest BCUT2D eigenvalue weighted by atomic mass is 9.99. The number of rotatable bonds is 10. The summed E-state index contributed by atoms with van der Waals surface area (Å²) >= 11 is 0. The average molecular weight is 389 g/mol. The molecule has 7 heteroatoms. The highest BCUT2D eigenvalue weighted by atomic mass is 16.5.